The largest absolute Gasteiger partial charge is 0.353 e. The number of aryl methyl sites for hydroxylation is 3. The van der Waals surface area contributed by atoms with Crippen molar-refractivity contribution in [1.29, 1.82) is 0 Å². The predicted octanol–water partition coefficient (Wildman–Crippen LogP) is 1.98. The molecule has 0 radical (unpaired) electrons. The third kappa shape index (κ3) is 3.97. The smallest absolute Gasteiger partial charge is 0.235 e. The van der Waals surface area contributed by atoms with Gasteiger partial charge >= 0.3 is 0 Å². The van der Waals surface area contributed by atoms with E-state index in [1.165, 1.54) is 0 Å². The summed E-state index contributed by atoms with van der Waals surface area (Å²) in [7, 11) is 0. The second-order valence-electron chi connectivity index (χ2n) is 9.49. The second-order valence-corrected chi connectivity index (χ2v) is 9.49. The Kier molecular flexibility index (Phi) is 5.61. The lowest BCUT2D eigenvalue weighted by molar-refractivity contribution is -0.134. The summed E-state index contributed by atoms with van der Waals surface area (Å²) >= 11 is 0. The minimum absolute atomic E-state index is 0.0348. The van der Waals surface area contributed by atoms with E-state index in [9.17, 15) is 9.59 Å². The van der Waals surface area contributed by atoms with Crippen LogP contribution in [0.5, 0.6) is 0 Å². The number of carbonyl (C=O) groups excluding carboxylic acids is 2. The third-order valence-electron chi connectivity index (χ3n) is 6.88. The standard InChI is InChI=1S/C22H32N6O3/c1-12(2)20(30)28-10-16-8-17(9-22(16,11-28)21-23-15(5)27-31-21)24-19(29)7-6-18-13(3)25-26-14(18)4/h12,16-17H,6-11H2,1-5H3,(H,24,29)(H,25,26)/t16-,17+,22-/m0/s1. The van der Waals surface area contributed by atoms with Gasteiger partial charge in [0.1, 0.15) is 0 Å². The Balaban J connectivity index is 1.44. The van der Waals surface area contributed by atoms with Crippen LogP contribution in [0.15, 0.2) is 4.52 Å². The molecular formula is C22H32N6O3. The summed E-state index contributed by atoms with van der Waals surface area (Å²) in [6.45, 7) is 10.8. The first kappa shape index (κ1) is 21.5. The SMILES string of the molecule is Cc1noc([C@]23C[C@H](NC(=O)CCc4c(C)n[nH]c4C)C[C@H]2CN(C(=O)C(C)C)C3)n1. The lowest BCUT2D eigenvalue weighted by Gasteiger charge is -2.26. The van der Waals surface area contributed by atoms with Gasteiger partial charge in [-0.3, -0.25) is 14.7 Å². The van der Waals surface area contributed by atoms with Crippen molar-refractivity contribution < 1.29 is 14.1 Å². The van der Waals surface area contributed by atoms with E-state index in [1.54, 1.807) is 6.92 Å². The number of amides is 2. The van der Waals surface area contributed by atoms with Crippen molar-refractivity contribution in [1.82, 2.24) is 30.6 Å². The van der Waals surface area contributed by atoms with Gasteiger partial charge < -0.3 is 14.7 Å². The lowest BCUT2D eigenvalue weighted by Crippen LogP contribution is -2.40. The highest BCUT2D eigenvalue weighted by atomic mass is 16.5. The monoisotopic (exact) mass is 428 g/mol. The molecule has 4 rings (SSSR count). The van der Waals surface area contributed by atoms with Crippen LogP contribution in [0, 0.1) is 32.6 Å². The number of hydrogen-bond acceptors (Lipinski definition) is 6. The average molecular weight is 429 g/mol. The van der Waals surface area contributed by atoms with Crippen LogP contribution in [-0.2, 0) is 21.4 Å². The van der Waals surface area contributed by atoms with E-state index in [4.69, 9.17) is 4.52 Å². The van der Waals surface area contributed by atoms with Crippen molar-refractivity contribution in [2.45, 2.75) is 71.8 Å². The topological polar surface area (TPSA) is 117 Å². The van der Waals surface area contributed by atoms with Crippen LogP contribution in [0.4, 0.5) is 0 Å². The molecule has 3 heterocycles. The van der Waals surface area contributed by atoms with Crippen LogP contribution in [-0.4, -0.2) is 56.2 Å². The quantitative estimate of drug-likeness (QED) is 0.727. The molecule has 1 aliphatic heterocycles. The van der Waals surface area contributed by atoms with Crippen LogP contribution in [0.1, 0.15) is 61.8 Å². The summed E-state index contributed by atoms with van der Waals surface area (Å²) in [5.41, 5.74) is 2.68. The number of fused-ring (bicyclic) bond motifs is 1. The Bertz CT molecular complexity index is 960. The Morgan fingerprint density at radius 1 is 1.32 bits per heavy atom. The molecule has 1 aliphatic carbocycles. The van der Waals surface area contributed by atoms with E-state index in [2.05, 4.69) is 25.7 Å². The molecule has 2 fully saturated rings. The fraction of sp³-hybridized carbons (Fsp3) is 0.682. The highest BCUT2D eigenvalue weighted by molar-refractivity contribution is 5.79. The van der Waals surface area contributed by atoms with Crippen molar-refractivity contribution in [3.63, 3.8) is 0 Å². The summed E-state index contributed by atoms with van der Waals surface area (Å²) in [6.07, 6.45) is 2.60. The lowest BCUT2D eigenvalue weighted by atomic mass is 9.80. The molecule has 2 aromatic rings. The molecule has 3 atom stereocenters. The zero-order valence-electron chi connectivity index (χ0n) is 19.0. The molecular weight excluding hydrogens is 396 g/mol. The zero-order chi connectivity index (χ0) is 22.3. The molecule has 0 aromatic carbocycles. The number of aromatic amines is 1. The molecule has 1 saturated heterocycles. The van der Waals surface area contributed by atoms with Gasteiger partial charge in [-0.15, -0.1) is 0 Å². The number of H-pyrrole nitrogens is 1. The summed E-state index contributed by atoms with van der Waals surface area (Å²) in [4.78, 5) is 31.8. The summed E-state index contributed by atoms with van der Waals surface area (Å²) in [5.74, 6) is 1.52. The number of hydrogen-bond donors (Lipinski definition) is 2. The molecule has 0 bridgehead atoms. The highest BCUT2D eigenvalue weighted by Gasteiger charge is 2.58. The second kappa shape index (κ2) is 8.09. The Labute approximate surface area is 182 Å². The van der Waals surface area contributed by atoms with Crippen molar-refractivity contribution in [3.05, 3.63) is 28.7 Å². The van der Waals surface area contributed by atoms with Gasteiger partial charge in [0.15, 0.2) is 5.82 Å². The maximum atomic E-state index is 12.7. The molecule has 2 amide bonds. The van der Waals surface area contributed by atoms with Gasteiger partial charge in [0, 0.05) is 37.2 Å². The van der Waals surface area contributed by atoms with Gasteiger partial charge in [-0.2, -0.15) is 10.1 Å². The molecule has 9 heteroatoms. The van der Waals surface area contributed by atoms with Crippen molar-refractivity contribution in [2.75, 3.05) is 13.1 Å². The van der Waals surface area contributed by atoms with E-state index < -0.39 is 0 Å². The zero-order valence-corrected chi connectivity index (χ0v) is 19.0. The van der Waals surface area contributed by atoms with Crippen molar-refractivity contribution in [3.8, 4) is 0 Å². The molecule has 2 aliphatic rings. The van der Waals surface area contributed by atoms with Crippen molar-refractivity contribution >= 4 is 11.8 Å². The van der Waals surface area contributed by atoms with Gasteiger partial charge in [-0.25, -0.2) is 0 Å². The number of nitrogens with one attached hydrogen (secondary N) is 2. The number of aromatic nitrogens is 4. The van der Waals surface area contributed by atoms with Crippen LogP contribution in [0.2, 0.25) is 0 Å². The van der Waals surface area contributed by atoms with E-state index >= 15 is 0 Å². The fourth-order valence-corrected chi connectivity index (χ4v) is 5.33. The molecule has 31 heavy (non-hydrogen) atoms. The summed E-state index contributed by atoms with van der Waals surface area (Å²) < 4.78 is 5.60. The highest BCUT2D eigenvalue weighted by Crippen LogP contribution is 2.50. The maximum Gasteiger partial charge on any atom is 0.235 e. The van der Waals surface area contributed by atoms with Crippen LogP contribution < -0.4 is 5.32 Å². The molecule has 2 N–H and O–H groups in total. The number of likely N-dealkylation sites (tertiary alicyclic amines) is 1. The fourth-order valence-electron chi connectivity index (χ4n) is 5.33. The third-order valence-corrected chi connectivity index (χ3v) is 6.88. The van der Waals surface area contributed by atoms with Crippen LogP contribution >= 0.6 is 0 Å². The van der Waals surface area contributed by atoms with E-state index in [1.807, 2.05) is 32.6 Å². The Morgan fingerprint density at radius 2 is 2.10 bits per heavy atom. The van der Waals surface area contributed by atoms with Gasteiger partial charge in [0.25, 0.3) is 0 Å². The van der Waals surface area contributed by atoms with Crippen LogP contribution in [0.3, 0.4) is 0 Å². The van der Waals surface area contributed by atoms with E-state index in [-0.39, 0.29) is 35.1 Å². The molecule has 168 valence electrons. The maximum absolute atomic E-state index is 12.7. The first-order chi connectivity index (χ1) is 14.7. The van der Waals surface area contributed by atoms with Crippen LogP contribution in [0.25, 0.3) is 0 Å². The first-order valence-electron chi connectivity index (χ1n) is 11.1. The summed E-state index contributed by atoms with van der Waals surface area (Å²) in [6, 6.07) is 0.0348. The van der Waals surface area contributed by atoms with Crippen molar-refractivity contribution in [2.24, 2.45) is 11.8 Å². The predicted molar refractivity (Wildman–Crippen MR) is 113 cm³/mol. The van der Waals surface area contributed by atoms with Gasteiger partial charge in [0.05, 0.1) is 11.1 Å². The normalized spacial score (nSPS) is 25.3. The Hall–Kier alpha value is -2.71. The Morgan fingerprint density at radius 3 is 2.71 bits per heavy atom. The molecule has 2 aromatic heterocycles. The van der Waals surface area contributed by atoms with E-state index in [0.717, 1.165) is 23.4 Å². The summed E-state index contributed by atoms with van der Waals surface area (Å²) in [5, 5.41) is 14.4. The average Bonchev–Trinajstić information content (AvgIpc) is 3.43. The molecule has 9 nitrogen and oxygen atoms in total. The molecule has 0 spiro atoms. The number of carbonyl (C=O) groups is 2. The van der Waals surface area contributed by atoms with Gasteiger partial charge in [-0.05, 0) is 51.5 Å². The number of nitrogens with zero attached hydrogens (tertiary/aromatic N) is 4. The van der Waals surface area contributed by atoms with Gasteiger partial charge in [-0.1, -0.05) is 19.0 Å². The van der Waals surface area contributed by atoms with E-state index in [0.29, 0.717) is 44.1 Å². The molecule has 0 unspecified atom stereocenters. The minimum Gasteiger partial charge on any atom is -0.353 e. The number of rotatable bonds is 6. The minimum atomic E-state index is -0.387. The molecule has 1 saturated carbocycles. The first-order valence-corrected chi connectivity index (χ1v) is 11.1. The van der Waals surface area contributed by atoms with Gasteiger partial charge in [0.2, 0.25) is 17.7 Å².